The summed E-state index contributed by atoms with van der Waals surface area (Å²) in [5.74, 6) is 1.75. The molecule has 1 aromatic carbocycles. The summed E-state index contributed by atoms with van der Waals surface area (Å²) >= 11 is 0. The molecular formula is C17H27N3O2. The van der Waals surface area contributed by atoms with E-state index in [9.17, 15) is 0 Å². The molecule has 1 saturated heterocycles. The molecule has 5 heteroatoms. The van der Waals surface area contributed by atoms with Gasteiger partial charge < -0.3 is 20.1 Å². The second-order valence-corrected chi connectivity index (χ2v) is 5.52. The first-order valence-corrected chi connectivity index (χ1v) is 8.00. The van der Waals surface area contributed by atoms with Crippen LogP contribution >= 0.6 is 0 Å². The molecule has 0 radical (unpaired) electrons. The highest BCUT2D eigenvalue weighted by Crippen LogP contribution is 2.18. The SMILES string of the molecule is CCNC(=NCc1ccc(OC)c(C)c1)NCC1CCCO1. The van der Waals surface area contributed by atoms with Crippen LogP contribution in [0.4, 0.5) is 0 Å². The third kappa shape index (κ3) is 4.91. The number of hydrogen-bond acceptors (Lipinski definition) is 3. The molecule has 0 bridgehead atoms. The Morgan fingerprint density at radius 1 is 1.41 bits per heavy atom. The van der Waals surface area contributed by atoms with Crippen LogP contribution in [0.2, 0.25) is 0 Å². The Hall–Kier alpha value is -1.75. The lowest BCUT2D eigenvalue weighted by atomic mass is 10.1. The molecule has 1 aromatic rings. The molecule has 1 atom stereocenters. The quantitative estimate of drug-likeness (QED) is 0.625. The first-order chi connectivity index (χ1) is 10.7. The van der Waals surface area contributed by atoms with Gasteiger partial charge in [-0.2, -0.15) is 0 Å². The maximum absolute atomic E-state index is 5.63. The van der Waals surface area contributed by atoms with Crippen LogP contribution in [-0.4, -0.2) is 38.9 Å². The number of aliphatic imine (C=N–C) groups is 1. The Bertz CT molecular complexity index is 497. The Labute approximate surface area is 133 Å². The van der Waals surface area contributed by atoms with Gasteiger partial charge in [0.2, 0.25) is 0 Å². The molecule has 0 aliphatic carbocycles. The highest BCUT2D eigenvalue weighted by Gasteiger charge is 2.15. The molecule has 0 aromatic heterocycles. The fraction of sp³-hybridized carbons (Fsp3) is 0.588. The van der Waals surface area contributed by atoms with Gasteiger partial charge in [0.1, 0.15) is 5.75 Å². The van der Waals surface area contributed by atoms with Crippen molar-refractivity contribution in [3.63, 3.8) is 0 Å². The predicted molar refractivity (Wildman–Crippen MR) is 89.5 cm³/mol. The first kappa shape index (κ1) is 16.6. The van der Waals surface area contributed by atoms with Crippen LogP contribution in [0.3, 0.4) is 0 Å². The van der Waals surface area contributed by atoms with Crippen LogP contribution in [0.15, 0.2) is 23.2 Å². The van der Waals surface area contributed by atoms with E-state index in [0.29, 0.717) is 12.6 Å². The molecule has 22 heavy (non-hydrogen) atoms. The van der Waals surface area contributed by atoms with Gasteiger partial charge in [-0.05, 0) is 43.9 Å². The normalized spacial score (nSPS) is 18.3. The molecule has 5 nitrogen and oxygen atoms in total. The molecule has 2 rings (SSSR count). The van der Waals surface area contributed by atoms with Crippen LogP contribution in [0.1, 0.15) is 30.9 Å². The van der Waals surface area contributed by atoms with Gasteiger partial charge in [-0.1, -0.05) is 12.1 Å². The van der Waals surface area contributed by atoms with Gasteiger partial charge in [0.15, 0.2) is 5.96 Å². The third-order valence-corrected chi connectivity index (χ3v) is 3.74. The van der Waals surface area contributed by atoms with Gasteiger partial charge in [-0.15, -0.1) is 0 Å². The van der Waals surface area contributed by atoms with Gasteiger partial charge in [0.25, 0.3) is 0 Å². The van der Waals surface area contributed by atoms with Crippen molar-refractivity contribution < 1.29 is 9.47 Å². The lowest BCUT2D eigenvalue weighted by molar-refractivity contribution is 0.114. The number of aryl methyl sites for hydroxylation is 1. The fourth-order valence-electron chi connectivity index (χ4n) is 2.57. The summed E-state index contributed by atoms with van der Waals surface area (Å²) in [5.41, 5.74) is 2.31. The van der Waals surface area contributed by atoms with Gasteiger partial charge in [-0.3, -0.25) is 0 Å². The molecule has 1 aliphatic heterocycles. The summed E-state index contributed by atoms with van der Waals surface area (Å²) < 4.78 is 10.9. The minimum absolute atomic E-state index is 0.312. The van der Waals surface area contributed by atoms with E-state index in [4.69, 9.17) is 9.47 Å². The largest absolute Gasteiger partial charge is 0.496 e. The van der Waals surface area contributed by atoms with E-state index in [2.05, 4.69) is 34.7 Å². The number of nitrogens with one attached hydrogen (secondary N) is 2. The van der Waals surface area contributed by atoms with Crippen LogP contribution in [-0.2, 0) is 11.3 Å². The lowest BCUT2D eigenvalue weighted by Crippen LogP contribution is -2.41. The second kappa shape index (κ2) is 8.63. The average Bonchev–Trinajstić information content (AvgIpc) is 3.03. The van der Waals surface area contributed by atoms with Crippen LogP contribution in [0.5, 0.6) is 5.75 Å². The van der Waals surface area contributed by atoms with Crippen LogP contribution in [0.25, 0.3) is 0 Å². The van der Waals surface area contributed by atoms with Crippen molar-refractivity contribution >= 4 is 5.96 Å². The topological polar surface area (TPSA) is 54.9 Å². The predicted octanol–water partition coefficient (Wildman–Crippen LogP) is 2.24. The maximum atomic E-state index is 5.63. The summed E-state index contributed by atoms with van der Waals surface area (Å²) in [6, 6.07) is 6.16. The number of hydrogen-bond donors (Lipinski definition) is 2. The highest BCUT2D eigenvalue weighted by atomic mass is 16.5. The van der Waals surface area contributed by atoms with E-state index in [-0.39, 0.29) is 0 Å². The van der Waals surface area contributed by atoms with Crippen molar-refractivity contribution in [2.24, 2.45) is 4.99 Å². The summed E-state index contributed by atoms with van der Waals surface area (Å²) in [6.45, 7) is 7.30. The zero-order chi connectivity index (χ0) is 15.8. The van der Waals surface area contributed by atoms with Crippen molar-refractivity contribution in [1.82, 2.24) is 10.6 Å². The van der Waals surface area contributed by atoms with E-state index in [1.54, 1.807) is 7.11 Å². The molecule has 1 fully saturated rings. The summed E-state index contributed by atoms with van der Waals surface area (Å²) in [7, 11) is 1.69. The third-order valence-electron chi connectivity index (χ3n) is 3.74. The van der Waals surface area contributed by atoms with Crippen molar-refractivity contribution in [1.29, 1.82) is 0 Å². The van der Waals surface area contributed by atoms with Gasteiger partial charge in [0.05, 0.1) is 19.8 Å². The molecule has 0 amide bonds. The smallest absolute Gasteiger partial charge is 0.191 e. The zero-order valence-corrected chi connectivity index (χ0v) is 13.8. The van der Waals surface area contributed by atoms with Gasteiger partial charge in [-0.25, -0.2) is 4.99 Å². The molecule has 122 valence electrons. The minimum atomic E-state index is 0.312. The van der Waals surface area contributed by atoms with Crippen molar-refractivity contribution in [2.75, 3.05) is 26.8 Å². The second-order valence-electron chi connectivity index (χ2n) is 5.52. The standard InChI is InChI=1S/C17H27N3O2/c1-4-18-17(20-12-15-6-5-9-22-15)19-11-14-7-8-16(21-3)13(2)10-14/h7-8,10,15H,4-6,9,11-12H2,1-3H3,(H2,18,19,20). The summed E-state index contributed by atoms with van der Waals surface area (Å²) in [6.07, 6.45) is 2.60. The fourth-order valence-corrected chi connectivity index (χ4v) is 2.57. The molecule has 0 spiro atoms. The van der Waals surface area contributed by atoms with Crippen LogP contribution in [0, 0.1) is 6.92 Å². The van der Waals surface area contributed by atoms with Gasteiger partial charge in [0, 0.05) is 19.7 Å². The Balaban J connectivity index is 1.92. The number of methoxy groups -OCH3 is 1. The van der Waals surface area contributed by atoms with Gasteiger partial charge >= 0.3 is 0 Å². The van der Waals surface area contributed by atoms with Crippen molar-refractivity contribution in [2.45, 2.75) is 39.3 Å². The molecule has 1 unspecified atom stereocenters. The molecule has 1 heterocycles. The summed E-state index contributed by atoms with van der Waals surface area (Å²) in [5, 5.41) is 6.63. The Kier molecular flexibility index (Phi) is 6.52. The van der Waals surface area contributed by atoms with E-state index >= 15 is 0 Å². The summed E-state index contributed by atoms with van der Waals surface area (Å²) in [4.78, 5) is 4.64. The Morgan fingerprint density at radius 3 is 2.91 bits per heavy atom. The van der Waals surface area contributed by atoms with E-state index in [1.165, 1.54) is 5.56 Å². The number of benzene rings is 1. The maximum Gasteiger partial charge on any atom is 0.191 e. The monoisotopic (exact) mass is 305 g/mol. The highest BCUT2D eigenvalue weighted by molar-refractivity contribution is 5.79. The number of ether oxygens (including phenoxy) is 2. The molecular weight excluding hydrogens is 278 g/mol. The van der Waals surface area contributed by atoms with Crippen molar-refractivity contribution in [3.8, 4) is 5.75 Å². The number of guanidine groups is 1. The Morgan fingerprint density at radius 2 is 2.27 bits per heavy atom. The molecule has 0 saturated carbocycles. The number of nitrogens with zero attached hydrogens (tertiary/aromatic N) is 1. The van der Waals surface area contributed by atoms with E-state index in [0.717, 1.165) is 49.8 Å². The number of rotatable bonds is 6. The van der Waals surface area contributed by atoms with Crippen LogP contribution < -0.4 is 15.4 Å². The molecule has 1 aliphatic rings. The molecule has 2 N–H and O–H groups in total. The minimum Gasteiger partial charge on any atom is -0.496 e. The lowest BCUT2D eigenvalue weighted by Gasteiger charge is -2.15. The zero-order valence-electron chi connectivity index (χ0n) is 13.8. The van der Waals surface area contributed by atoms with Crippen molar-refractivity contribution in [3.05, 3.63) is 29.3 Å². The first-order valence-electron chi connectivity index (χ1n) is 8.00. The van der Waals surface area contributed by atoms with E-state index < -0.39 is 0 Å². The van der Waals surface area contributed by atoms with E-state index in [1.807, 2.05) is 13.0 Å². The average molecular weight is 305 g/mol.